The summed E-state index contributed by atoms with van der Waals surface area (Å²) >= 11 is 5.83. The van der Waals surface area contributed by atoms with Crippen molar-refractivity contribution >= 4 is 29.2 Å². The van der Waals surface area contributed by atoms with Gasteiger partial charge in [0, 0.05) is 18.4 Å². The Morgan fingerprint density at radius 3 is 2.68 bits per heavy atom. The van der Waals surface area contributed by atoms with Crippen LogP contribution in [0.15, 0.2) is 34.5 Å². The highest BCUT2D eigenvalue weighted by atomic mass is 35.5. The minimum absolute atomic E-state index is 0.304. The van der Waals surface area contributed by atoms with Gasteiger partial charge in [-0.25, -0.2) is 0 Å². The molecule has 1 aromatic rings. The van der Waals surface area contributed by atoms with Gasteiger partial charge in [-0.3, -0.25) is 4.79 Å². The van der Waals surface area contributed by atoms with Gasteiger partial charge in [-0.1, -0.05) is 23.7 Å². The van der Waals surface area contributed by atoms with Gasteiger partial charge < -0.3 is 9.84 Å². The third kappa shape index (κ3) is 3.32. The number of ether oxygens (including phenoxy) is 1. The number of hydrogen-bond acceptors (Lipinski definition) is 4. The Hall–Kier alpha value is -1.88. The van der Waals surface area contributed by atoms with Crippen LogP contribution in [0.4, 0.5) is 0 Å². The Morgan fingerprint density at radius 2 is 2.05 bits per heavy atom. The van der Waals surface area contributed by atoms with E-state index in [0.29, 0.717) is 35.2 Å². The molecule has 1 unspecified atom stereocenters. The number of carbonyl (C=O) groups is 1. The fourth-order valence-electron chi connectivity index (χ4n) is 1.80. The molecular weight excluding hydrogens is 268 g/mol. The Bertz CT molecular complexity index is 537. The van der Waals surface area contributed by atoms with E-state index in [1.165, 1.54) is 0 Å². The summed E-state index contributed by atoms with van der Waals surface area (Å²) in [4.78, 5) is 11.3. The van der Waals surface area contributed by atoms with Crippen molar-refractivity contribution in [2.45, 2.75) is 13.3 Å². The van der Waals surface area contributed by atoms with Crippen molar-refractivity contribution in [2.75, 3.05) is 6.61 Å². The highest BCUT2D eigenvalue weighted by Gasteiger charge is 2.26. The first-order valence-corrected chi connectivity index (χ1v) is 6.19. The van der Waals surface area contributed by atoms with Crippen LogP contribution in [0.3, 0.4) is 0 Å². The fraction of sp³-hybridized carbons (Fsp3) is 0.308. The molecule has 0 spiro atoms. The van der Waals surface area contributed by atoms with E-state index in [1.807, 2.05) is 0 Å². The summed E-state index contributed by atoms with van der Waals surface area (Å²) in [5.41, 5.74) is 1.13. The smallest absolute Gasteiger partial charge is 0.312 e. The van der Waals surface area contributed by atoms with Crippen LogP contribution in [-0.4, -0.2) is 29.3 Å². The van der Waals surface area contributed by atoms with Crippen LogP contribution in [0.1, 0.15) is 18.9 Å². The minimum atomic E-state index is -0.938. The van der Waals surface area contributed by atoms with E-state index in [-0.39, 0.29) is 0 Å². The maximum absolute atomic E-state index is 11.3. The van der Waals surface area contributed by atoms with Crippen LogP contribution in [0.2, 0.25) is 5.02 Å². The summed E-state index contributed by atoms with van der Waals surface area (Å²) < 4.78 is 5.22. The molecule has 1 aromatic carbocycles. The molecule has 0 fully saturated rings. The third-order valence-electron chi connectivity index (χ3n) is 2.78. The van der Waals surface area contributed by atoms with E-state index in [1.54, 1.807) is 31.2 Å². The van der Waals surface area contributed by atoms with E-state index in [0.717, 1.165) is 0 Å². The molecule has 100 valence electrons. The van der Waals surface area contributed by atoms with Crippen LogP contribution in [0.25, 0.3) is 0 Å². The molecule has 5 nitrogen and oxygen atoms in total. The van der Waals surface area contributed by atoms with Crippen molar-refractivity contribution in [1.82, 2.24) is 0 Å². The molecule has 0 saturated heterocycles. The lowest BCUT2D eigenvalue weighted by molar-refractivity contribution is -0.139. The molecule has 6 heteroatoms. The maximum Gasteiger partial charge on any atom is 0.312 e. The second kappa shape index (κ2) is 5.84. The average Bonchev–Trinajstić information content (AvgIpc) is 2.35. The molecule has 0 aromatic heterocycles. The molecule has 0 saturated carbocycles. The lowest BCUT2D eigenvalue weighted by Gasteiger charge is -2.17. The highest BCUT2D eigenvalue weighted by molar-refractivity contribution is 6.30. The summed E-state index contributed by atoms with van der Waals surface area (Å²) in [6, 6.07) is 6.88. The third-order valence-corrected chi connectivity index (χ3v) is 3.04. The lowest BCUT2D eigenvalue weighted by Crippen LogP contribution is -2.27. The Balaban J connectivity index is 2.44. The molecule has 2 rings (SSSR count). The standard InChI is InChI=1S/C13H13ClN2O3/c1-8-15-16-12(9-2-4-10(14)5-3-9)11(13(17)18)6-7-19-8/h2-5,11H,6-7H2,1H3,(H,17,18)/b15-8-,16-12-. The lowest BCUT2D eigenvalue weighted by atomic mass is 9.94. The van der Waals surface area contributed by atoms with Crippen molar-refractivity contribution < 1.29 is 14.6 Å². The van der Waals surface area contributed by atoms with E-state index in [9.17, 15) is 9.90 Å². The molecule has 0 aliphatic carbocycles. The van der Waals surface area contributed by atoms with Crippen LogP contribution >= 0.6 is 11.6 Å². The molecule has 19 heavy (non-hydrogen) atoms. The van der Waals surface area contributed by atoms with Crippen molar-refractivity contribution in [3.05, 3.63) is 34.9 Å². The summed E-state index contributed by atoms with van der Waals surface area (Å²) in [6.07, 6.45) is 0.351. The van der Waals surface area contributed by atoms with Crippen LogP contribution in [0.5, 0.6) is 0 Å². The highest BCUT2D eigenvalue weighted by Crippen LogP contribution is 2.19. The molecule has 1 N–H and O–H groups in total. The zero-order valence-electron chi connectivity index (χ0n) is 10.3. The number of nitrogens with zero attached hydrogens (tertiary/aromatic N) is 2. The van der Waals surface area contributed by atoms with Gasteiger partial charge in [0.25, 0.3) is 0 Å². The van der Waals surface area contributed by atoms with E-state index >= 15 is 0 Å². The van der Waals surface area contributed by atoms with E-state index in [2.05, 4.69) is 10.2 Å². The number of carboxylic acids is 1. The first kappa shape index (κ1) is 13.5. The Morgan fingerprint density at radius 1 is 1.37 bits per heavy atom. The monoisotopic (exact) mass is 280 g/mol. The van der Waals surface area contributed by atoms with Crippen LogP contribution in [0, 0.1) is 5.92 Å². The van der Waals surface area contributed by atoms with Gasteiger partial charge in [-0.2, -0.15) is 5.10 Å². The maximum atomic E-state index is 11.3. The van der Waals surface area contributed by atoms with Gasteiger partial charge in [0.15, 0.2) is 0 Å². The number of carboxylic acid groups (broad SMARTS) is 1. The Kier molecular flexibility index (Phi) is 4.16. The topological polar surface area (TPSA) is 71.2 Å². The predicted octanol–water partition coefficient (Wildman–Crippen LogP) is 2.58. The molecular formula is C13H13ClN2O3. The number of hydrogen-bond donors (Lipinski definition) is 1. The number of benzene rings is 1. The molecule has 0 radical (unpaired) electrons. The van der Waals surface area contributed by atoms with Gasteiger partial charge in [-0.05, 0) is 17.7 Å². The summed E-state index contributed by atoms with van der Waals surface area (Å²) in [5.74, 6) is -1.25. The van der Waals surface area contributed by atoms with Gasteiger partial charge in [0.2, 0.25) is 5.90 Å². The first-order chi connectivity index (χ1) is 9.08. The summed E-state index contributed by atoms with van der Waals surface area (Å²) in [7, 11) is 0. The first-order valence-electron chi connectivity index (χ1n) is 5.81. The summed E-state index contributed by atoms with van der Waals surface area (Å²) in [6.45, 7) is 1.99. The van der Waals surface area contributed by atoms with Crippen molar-refractivity contribution in [3.8, 4) is 0 Å². The van der Waals surface area contributed by atoms with Gasteiger partial charge >= 0.3 is 5.97 Å². The largest absolute Gasteiger partial charge is 0.481 e. The van der Waals surface area contributed by atoms with Crippen molar-refractivity contribution in [2.24, 2.45) is 16.1 Å². The van der Waals surface area contributed by atoms with Crippen LogP contribution in [-0.2, 0) is 9.53 Å². The van der Waals surface area contributed by atoms with Gasteiger partial charge in [0.1, 0.15) is 5.92 Å². The molecule has 0 bridgehead atoms. The molecule has 1 aliphatic heterocycles. The van der Waals surface area contributed by atoms with E-state index < -0.39 is 11.9 Å². The van der Waals surface area contributed by atoms with E-state index in [4.69, 9.17) is 16.3 Å². The SMILES string of the molecule is C/C1=N/N=C(/c2ccc(Cl)cc2)C(C(=O)O)CCO1. The van der Waals surface area contributed by atoms with Crippen LogP contribution < -0.4 is 0 Å². The van der Waals surface area contributed by atoms with Crippen molar-refractivity contribution in [1.29, 1.82) is 0 Å². The number of rotatable bonds is 2. The van der Waals surface area contributed by atoms with Gasteiger partial charge in [-0.15, -0.1) is 5.10 Å². The average molecular weight is 281 g/mol. The summed E-state index contributed by atoms with van der Waals surface area (Å²) in [5, 5.41) is 17.8. The van der Waals surface area contributed by atoms with Gasteiger partial charge in [0.05, 0.1) is 12.3 Å². The zero-order valence-corrected chi connectivity index (χ0v) is 11.1. The predicted molar refractivity (Wildman–Crippen MR) is 72.8 cm³/mol. The zero-order chi connectivity index (χ0) is 13.8. The normalized spacial score (nSPS) is 25.1. The minimum Gasteiger partial charge on any atom is -0.481 e. The molecule has 1 atom stereocenters. The molecule has 1 aliphatic rings. The molecule has 0 amide bonds. The van der Waals surface area contributed by atoms with Crippen molar-refractivity contribution in [3.63, 3.8) is 0 Å². The molecule has 1 heterocycles. The number of aliphatic carboxylic acids is 1. The quantitative estimate of drug-likeness (QED) is 0.905. The fourth-order valence-corrected chi connectivity index (χ4v) is 1.93. The second-order valence-electron chi connectivity index (χ2n) is 4.14. The second-order valence-corrected chi connectivity index (χ2v) is 4.58. The number of halogens is 1. The Labute approximate surface area is 115 Å².